The molecule has 1 fully saturated rings. The van der Waals surface area contributed by atoms with Gasteiger partial charge in [0.1, 0.15) is 11.4 Å². The first-order valence-electron chi connectivity index (χ1n) is 7.24. The molecule has 2 aromatic heterocycles. The molecule has 3 rings (SSSR count). The average molecular weight is 316 g/mol. The van der Waals surface area contributed by atoms with Gasteiger partial charge in [-0.05, 0) is 24.6 Å². The third-order valence-corrected chi connectivity index (χ3v) is 4.19. The monoisotopic (exact) mass is 316 g/mol. The topological polar surface area (TPSA) is 109 Å². The number of aromatic nitrogens is 3. The quantitative estimate of drug-likeness (QED) is 0.881. The van der Waals surface area contributed by atoms with Crippen LogP contribution in [-0.2, 0) is 16.0 Å². The van der Waals surface area contributed by atoms with Crippen molar-refractivity contribution in [1.29, 1.82) is 0 Å². The summed E-state index contributed by atoms with van der Waals surface area (Å²) in [6.45, 7) is 2.26. The number of aryl methyl sites for hydroxylation is 1. The van der Waals surface area contributed by atoms with Crippen molar-refractivity contribution in [3.8, 4) is 0 Å². The van der Waals surface area contributed by atoms with Gasteiger partial charge in [-0.15, -0.1) is 0 Å². The maximum atomic E-state index is 12.4. The lowest BCUT2D eigenvalue weighted by Crippen LogP contribution is -2.31. The number of aliphatic carboxylic acids is 1. The zero-order valence-corrected chi connectivity index (χ0v) is 12.5. The molecule has 8 nitrogen and oxygen atoms in total. The van der Waals surface area contributed by atoms with E-state index in [1.807, 2.05) is 0 Å². The Morgan fingerprint density at radius 1 is 1.30 bits per heavy atom. The first kappa shape index (κ1) is 15.1. The zero-order valence-electron chi connectivity index (χ0n) is 12.5. The van der Waals surface area contributed by atoms with Gasteiger partial charge in [0.05, 0.1) is 12.3 Å². The summed E-state index contributed by atoms with van der Waals surface area (Å²) in [5.41, 5.74) is 1.93. The highest BCUT2D eigenvalue weighted by molar-refractivity contribution is 5.81. The Balaban J connectivity index is 1.76. The largest absolute Gasteiger partial charge is 0.481 e. The van der Waals surface area contributed by atoms with Crippen LogP contribution in [0.3, 0.4) is 0 Å². The first-order chi connectivity index (χ1) is 11.1. The van der Waals surface area contributed by atoms with Crippen molar-refractivity contribution in [3.63, 3.8) is 0 Å². The number of pyridine rings is 1. The van der Waals surface area contributed by atoms with E-state index in [0.717, 1.165) is 5.56 Å². The molecular formula is C15H16N4O4. The molecule has 1 aliphatic heterocycles. The molecule has 0 radical (unpaired) electrons. The van der Waals surface area contributed by atoms with E-state index >= 15 is 0 Å². The molecule has 0 saturated carbocycles. The molecule has 1 amide bonds. The Hall–Kier alpha value is -2.77. The number of carboxylic acids is 1. The van der Waals surface area contributed by atoms with Crippen LogP contribution in [0.25, 0.3) is 0 Å². The number of likely N-dealkylation sites (tertiary alicyclic amines) is 1. The van der Waals surface area contributed by atoms with Gasteiger partial charge in [0.15, 0.2) is 0 Å². The Morgan fingerprint density at radius 2 is 2.04 bits per heavy atom. The van der Waals surface area contributed by atoms with Gasteiger partial charge in [-0.1, -0.05) is 10.3 Å². The number of rotatable bonds is 4. The standard InChI is InChI=1S/C15H16N4O4/c1-9-13(18-23-17-9)6-14(20)19-7-11(12(8-19)15(21)22)10-2-4-16-5-3-10/h2-5,11-12H,6-8H2,1H3,(H,21,22)/t11-,12+/m0/s1. The summed E-state index contributed by atoms with van der Waals surface area (Å²) in [6.07, 6.45) is 3.32. The van der Waals surface area contributed by atoms with Crippen LogP contribution in [-0.4, -0.2) is 50.3 Å². The maximum absolute atomic E-state index is 12.4. The van der Waals surface area contributed by atoms with Crippen LogP contribution in [0, 0.1) is 12.8 Å². The van der Waals surface area contributed by atoms with Gasteiger partial charge in [-0.2, -0.15) is 0 Å². The van der Waals surface area contributed by atoms with Crippen LogP contribution in [0.15, 0.2) is 29.2 Å². The van der Waals surface area contributed by atoms with Crippen LogP contribution in [0.1, 0.15) is 22.9 Å². The molecule has 2 atom stereocenters. The van der Waals surface area contributed by atoms with Crippen molar-refractivity contribution in [1.82, 2.24) is 20.2 Å². The number of carbonyl (C=O) groups excluding carboxylic acids is 1. The Bertz CT molecular complexity index is 715. The number of amides is 1. The summed E-state index contributed by atoms with van der Waals surface area (Å²) >= 11 is 0. The molecule has 1 saturated heterocycles. The highest BCUT2D eigenvalue weighted by Crippen LogP contribution is 2.33. The molecule has 8 heteroatoms. The zero-order chi connectivity index (χ0) is 16.4. The van der Waals surface area contributed by atoms with E-state index in [9.17, 15) is 14.7 Å². The average Bonchev–Trinajstić information content (AvgIpc) is 3.15. The predicted octanol–water partition coefficient (Wildman–Crippen LogP) is 0.642. The highest BCUT2D eigenvalue weighted by Gasteiger charge is 2.40. The van der Waals surface area contributed by atoms with E-state index in [1.165, 1.54) is 0 Å². The van der Waals surface area contributed by atoms with Crippen molar-refractivity contribution < 1.29 is 19.3 Å². The van der Waals surface area contributed by atoms with Crippen LogP contribution < -0.4 is 0 Å². The number of carbonyl (C=O) groups is 2. The Kier molecular flexibility index (Phi) is 4.05. The van der Waals surface area contributed by atoms with E-state index < -0.39 is 11.9 Å². The normalized spacial score (nSPS) is 20.7. The van der Waals surface area contributed by atoms with Gasteiger partial charge >= 0.3 is 5.97 Å². The number of carboxylic acid groups (broad SMARTS) is 1. The van der Waals surface area contributed by atoms with Gasteiger partial charge < -0.3 is 10.0 Å². The molecule has 0 aliphatic carbocycles. The Morgan fingerprint density at radius 3 is 2.65 bits per heavy atom. The fourth-order valence-electron chi connectivity index (χ4n) is 2.87. The van der Waals surface area contributed by atoms with E-state index in [4.69, 9.17) is 0 Å². The fraction of sp³-hybridized carbons (Fsp3) is 0.400. The minimum Gasteiger partial charge on any atom is -0.481 e. The summed E-state index contributed by atoms with van der Waals surface area (Å²) in [5, 5.41) is 16.8. The van der Waals surface area contributed by atoms with Crippen molar-refractivity contribution in [3.05, 3.63) is 41.5 Å². The van der Waals surface area contributed by atoms with Gasteiger partial charge in [0.2, 0.25) is 5.91 Å². The molecule has 0 bridgehead atoms. The molecule has 1 aliphatic rings. The van der Waals surface area contributed by atoms with Crippen molar-refractivity contribution >= 4 is 11.9 Å². The first-order valence-corrected chi connectivity index (χ1v) is 7.24. The van der Waals surface area contributed by atoms with E-state index in [-0.39, 0.29) is 24.8 Å². The second kappa shape index (κ2) is 6.15. The summed E-state index contributed by atoms with van der Waals surface area (Å²) < 4.78 is 4.59. The van der Waals surface area contributed by atoms with Crippen LogP contribution >= 0.6 is 0 Å². The van der Waals surface area contributed by atoms with Crippen LogP contribution in [0.5, 0.6) is 0 Å². The maximum Gasteiger partial charge on any atom is 0.308 e. The van der Waals surface area contributed by atoms with Gasteiger partial charge in [-0.3, -0.25) is 14.6 Å². The summed E-state index contributed by atoms with van der Waals surface area (Å²) in [5.74, 6) is -1.94. The number of nitrogens with zero attached hydrogens (tertiary/aromatic N) is 4. The third kappa shape index (κ3) is 3.05. The van der Waals surface area contributed by atoms with Gasteiger partial charge in [-0.25, -0.2) is 4.63 Å². The van der Waals surface area contributed by atoms with Crippen molar-refractivity contribution in [2.45, 2.75) is 19.3 Å². The minimum atomic E-state index is -0.901. The van der Waals surface area contributed by atoms with Gasteiger partial charge in [0.25, 0.3) is 0 Å². The van der Waals surface area contributed by atoms with Crippen molar-refractivity contribution in [2.24, 2.45) is 5.92 Å². The van der Waals surface area contributed by atoms with Crippen LogP contribution in [0.4, 0.5) is 0 Å². The smallest absolute Gasteiger partial charge is 0.308 e. The third-order valence-electron chi connectivity index (χ3n) is 4.19. The molecule has 120 valence electrons. The minimum absolute atomic E-state index is 0.0603. The predicted molar refractivity (Wildman–Crippen MR) is 77.4 cm³/mol. The summed E-state index contributed by atoms with van der Waals surface area (Å²) in [7, 11) is 0. The van der Waals surface area contributed by atoms with Gasteiger partial charge in [0, 0.05) is 31.4 Å². The van der Waals surface area contributed by atoms with E-state index in [0.29, 0.717) is 17.9 Å². The highest BCUT2D eigenvalue weighted by atomic mass is 16.6. The molecule has 0 unspecified atom stereocenters. The fourth-order valence-corrected chi connectivity index (χ4v) is 2.87. The summed E-state index contributed by atoms with van der Waals surface area (Å²) in [4.78, 5) is 29.5. The molecule has 1 N–H and O–H groups in total. The number of hydrogen-bond acceptors (Lipinski definition) is 6. The van der Waals surface area contributed by atoms with E-state index in [2.05, 4.69) is 19.9 Å². The number of hydrogen-bond donors (Lipinski definition) is 1. The van der Waals surface area contributed by atoms with E-state index in [1.54, 1.807) is 36.4 Å². The lowest BCUT2D eigenvalue weighted by atomic mass is 9.90. The molecular weight excluding hydrogens is 300 g/mol. The Labute approximate surface area is 132 Å². The lowest BCUT2D eigenvalue weighted by Gasteiger charge is -2.15. The molecule has 23 heavy (non-hydrogen) atoms. The summed E-state index contributed by atoms with van der Waals surface area (Å²) in [6, 6.07) is 3.58. The van der Waals surface area contributed by atoms with Crippen LogP contribution in [0.2, 0.25) is 0 Å². The molecule has 0 aromatic carbocycles. The second-order valence-electron chi connectivity index (χ2n) is 5.60. The molecule has 0 spiro atoms. The molecule has 3 heterocycles. The molecule has 2 aromatic rings. The lowest BCUT2D eigenvalue weighted by molar-refractivity contribution is -0.141. The van der Waals surface area contributed by atoms with Crippen molar-refractivity contribution in [2.75, 3.05) is 13.1 Å². The second-order valence-corrected chi connectivity index (χ2v) is 5.60. The SMILES string of the molecule is Cc1nonc1CC(=O)N1C[C@@H](C(=O)O)[C@H](c2ccncc2)C1.